The molecular weight excluding hydrogens is 216 g/mol. The fraction of sp³-hybridized carbons (Fsp3) is 0.583. The van der Waals surface area contributed by atoms with E-state index < -0.39 is 0 Å². The molecule has 5 heteroatoms. The summed E-state index contributed by atoms with van der Waals surface area (Å²) in [5.41, 5.74) is 0.230. The van der Waals surface area contributed by atoms with Gasteiger partial charge in [-0.2, -0.15) is 5.26 Å². The van der Waals surface area contributed by atoms with Crippen molar-refractivity contribution in [1.29, 1.82) is 5.26 Å². The third-order valence-electron chi connectivity index (χ3n) is 3.16. The van der Waals surface area contributed by atoms with Crippen molar-refractivity contribution in [3.63, 3.8) is 0 Å². The zero-order chi connectivity index (χ0) is 12.3. The molecule has 17 heavy (non-hydrogen) atoms. The van der Waals surface area contributed by atoms with Gasteiger partial charge in [0.2, 0.25) is 0 Å². The Morgan fingerprint density at radius 2 is 2.35 bits per heavy atom. The Bertz CT molecular complexity index is 425. The lowest BCUT2D eigenvalue weighted by atomic mass is 10.0. The van der Waals surface area contributed by atoms with Crippen LogP contribution in [0.5, 0.6) is 0 Å². The van der Waals surface area contributed by atoms with E-state index in [0.717, 1.165) is 25.3 Å². The van der Waals surface area contributed by atoms with Gasteiger partial charge in [0, 0.05) is 13.1 Å². The fourth-order valence-corrected chi connectivity index (χ4v) is 1.88. The van der Waals surface area contributed by atoms with Gasteiger partial charge >= 0.3 is 0 Å². The van der Waals surface area contributed by atoms with Crippen LogP contribution in [-0.4, -0.2) is 35.3 Å². The normalized spacial score (nSPS) is 24.4. The van der Waals surface area contributed by atoms with E-state index in [1.54, 1.807) is 6.20 Å². The van der Waals surface area contributed by atoms with Crippen molar-refractivity contribution in [3.05, 3.63) is 18.1 Å². The summed E-state index contributed by atoms with van der Waals surface area (Å²) >= 11 is 0. The van der Waals surface area contributed by atoms with Gasteiger partial charge in [0.15, 0.2) is 5.69 Å². The highest BCUT2D eigenvalue weighted by Gasteiger charge is 2.30. The second kappa shape index (κ2) is 4.68. The van der Waals surface area contributed by atoms with Gasteiger partial charge in [0.1, 0.15) is 11.9 Å². The second-order valence-corrected chi connectivity index (χ2v) is 4.45. The highest BCUT2D eigenvalue weighted by Crippen LogP contribution is 2.23. The molecule has 0 bridgehead atoms. The highest BCUT2D eigenvalue weighted by molar-refractivity contribution is 5.38. The summed E-state index contributed by atoms with van der Waals surface area (Å²) in [5, 5.41) is 8.67. The van der Waals surface area contributed by atoms with Crippen molar-refractivity contribution in [1.82, 2.24) is 9.97 Å². The lowest BCUT2D eigenvalue weighted by Gasteiger charge is -2.40. The average molecular weight is 232 g/mol. The van der Waals surface area contributed by atoms with Crippen molar-refractivity contribution in [2.24, 2.45) is 0 Å². The first kappa shape index (κ1) is 11.8. The molecule has 0 aliphatic carbocycles. The summed E-state index contributed by atoms with van der Waals surface area (Å²) in [6, 6.07) is 1.97. The molecule has 0 radical (unpaired) electrons. The van der Waals surface area contributed by atoms with Crippen molar-refractivity contribution in [3.8, 4) is 6.07 Å². The standard InChI is InChI=1S/C12H16N4O/c1-3-12(2)9-16(4-5-17-12)11-8-14-10(6-13)7-15-11/h7-8H,3-5,9H2,1-2H3. The van der Waals surface area contributed by atoms with Gasteiger partial charge in [0.05, 0.1) is 24.6 Å². The number of nitriles is 1. The Morgan fingerprint density at radius 1 is 1.53 bits per heavy atom. The zero-order valence-electron chi connectivity index (χ0n) is 10.2. The fourth-order valence-electron chi connectivity index (χ4n) is 1.88. The van der Waals surface area contributed by atoms with Gasteiger partial charge < -0.3 is 9.64 Å². The van der Waals surface area contributed by atoms with E-state index >= 15 is 0 Å². The predicted octanol–water partition coefficient (Wildman–Crippen LogP) is 1.35. The van der Waals surface area contributed by atoms with Crippen LogP contribution in [-0.2, 0) is 4.74 Å². The molecular formula is C12H16N4O. The van der Waals surface area contributed by atoms with Crippen molar-refractivity contribution < 1.29 is 4.74 Å². The highest BCUT2D eigenvalue weighted by atomic mass is 16.5. The van der Waals surface area contributed by atoms with Gasteiger partial charge in [-0.15, -0.1) is 0 Å². The first-order valence-corrected chi connectivity index (χ1v) is 5.78. The molecule has 1 aromatic heterocycles. The number of ether oxygens (including phenoxy) is 1. The van der Waals surface area contributed by atoms with Crippen LogP contribution >= 0.6 is 0 Å². The molecule has 1 aliphatic heterocycles. The summed E-state index contributed by atoms with van der Waals surface area (Å²) in [6.45, 7) is 6.55. The maximum atomic E-state index is 8.67. The smallest absolute Gasteiger partial charge is 0.158 e. The lowest BCUT2D eigenvalue weighted by molar-refractivity contribution is -0.0443. The lowest BCUT2D eigenvalue weighted by Crippen LogP contribution is -2.50. The molecule has 1 atom stereocenters. The first-order valence-electron chi connectivity index (χ1n) is 5.78. The SMILES string of the molecule is CCC1(C)CN(c2cnc(C#N)cn2)CCO1. The topological polar surface area (TPSA) is 62.0 Å². The first-order chi connectivity index (χ1) is 8.17. The molecule has 5 nitrogen and oxygen atoms in total. The third kappa shape index (κ3) is 2.53. The Kier molecular flexibility index (Phi) is 3.25. The molecule has 2 rings (SSSR count). The monoisotopic (exact) mass is 232 g/mol. The molecule has 2 heterocycles. The van der Waals surface area contributed by atoms with E-state index in [0.29, 0.717) is 12.3 Å². The minimum Gasteiger partial charge on any atom is -0.372 e. The van der Waals surface area contributed by atoms with Crippen molar-refractivity contribution >= 4 is 5.82 Å². The number of aromatic nitrogens is 2. The van der Waals surface area contributed by atoms with Crippen LogP contribution in [0, 0.1) is 11.3 Å². The maximum Gasteiger partial charge on any atom is 0.158 e. The third-order valence-corrected chi connectivity index (χ3v) is 3.16. The van der Waals surface area contributed by atoms with E-state index in [-0.39, 0.29) is 5.60 Å². The van der Waals surface area contributed by atoms with Crippen LogP contribution < -0.4 is 4.90 Å². The largest absolute Gasteiger partial charge is 0.372 e. The van der Waals surface area contributed by atoms with E-state index in [2.05, 4.69) is 28.7 Å². The van der Waals surface area contributed by atoms with Crippen LogP contribution in [0.4, 0.5) is 5.82 Å². The van der Waals surface area contributed by atoms with Crippen molar-refractivity contribution in [2.75, 3.05) is 24.6 Å². The molecule has 0 aromatic carbocycles. The number of hydrogen-bond acceptors (Lipinski definition) is 5. The minimum atomic E-state index is -0.117. The maximum absolute atomic E-state index is 8.67. The Hall–Kier alpha value is -1.67. The van der Waals surface area contributed by atoms with E-state index in [1.807, 2.05) is 6.07 Å². The number of rotatable bonds is 2. The van der Waals surface area contributed by atoms with Gasteiger partial charge in [0.25, 0.3) is 0 Å². The Balaban J connectivity index is 2.14. The molecule has 0 saturated carbocycles. The molecule has 0 amide bonds. The average Bonchev–Trinajstić information content (AvgIpc) is 2.39. The molecule has 1 aromatic rings. The zero-order valence-corrected chi connectivity index (χ0v) is 10.2. The molecule has 1 fully saturated rings. The second-order valence-electron chi connectivity index (χ2n) is 4.45. The van der Waals surface area contributed by atoms with Crippen LogP contribution in [0.25, 0.3) is 0 Å². The van der Waals surface area contributed by atoms with Crippen LogP contribution in [0.1, 0.15) is 26.0 Å². The van der Waals surface area contributed by atoms with E-state index in [4.69, 9.17) is 10.00 Å². The van der Waals surface area contributed by atoms with Crippen LogP contribution in [0.3, 0.4) is 0 Å². The summed E-state index contributed by atoms with van der Waals surface area (Å²) in [5.74, 6) is 0.812. The van der Waals surface area contributed by atoms with Gasteiger partial charge in [-0.25, -0.2) is 9.97 Å². The molecule has 90 valence electrons. The van der Waals surface area contributed by atoms with Gasteiger partial charge in [-0.1, -0.05) is 6.92 Å². The number of hydrogen-bond donors (Lipinski definition) is 0. The van der Waals surface area contributed by atoms with Crippen LogP contribution in [0.2, 0.25) is 0 Å². The van der Waals surface area contributed by atoms with Gasteiger partial charge in [-0.3, -0.25) is 0 Å². The molecule has 1 aliphatic rings. The number of anilines is 1. The predicted molar refractivity (Wildman–Crippen MR) is 63.6 cm³/mol. The molecule has 0 spiro atoms. The Labute approximate surface area is 101 Å². The Morgan fingerprint density at radius 3 is 2.94 bits per heavy atom. The number of morpholine rings is 1. The molecule has 0 N–H and O–H groups in total. The van der Waals surface area contributed by atoms with E-state index in [1.165, 1.54) is 6.20 Å². The number of nitrogens with zero attached hydrogens (tertiary/aromatic N) is 4. The quantitative estimate of drug-likeness (QED) is 0.770. The van der Waals surface area contributed by atoms with Gasteiger partial charge in [-0.05, 0) is 13.3 Å². The molecule has 1 unspecified atom stereocenters. The van der Waals surface area contributed by atoms with Crippen LogP contribution in [0.15, 0.2) is 12.4 Å². The summed E-state index contributed by atoms with van der Waals surface area (Å²) < 4.78 is 5.77. The summed E-state index contributed by atoms with van der Waals surface area (Å²) in [7, 11) is 0. The summed E-state index contributed by atoms with van der Waals surface area (Å²) in [4.78, 5) is 10.5. The molecule has 1 saturated heterocycles. The minimum absolute atomic E-state index is 0.117. The van der Waals surface area contributed by atoms with Crippen molar-refractivity contribution in [2.45, 2.75) is 25.9 Å². The van der Waals surface area contributed by atoms with E-state index in [9.17, 15) is 0 Å². The summed E-state index contributed by atoms with van der Waals surface area (Å²) in [6.07, 6.45) is 4.13.